The van der Waals surface area contributed by atoms with Crippen molar-refractivity contribution in [1.82, 2.24) is 24.4 Å². The van der Waals surface area contributed by atoms with Crippen LogP contribution in [-0.2, 0) is 27.8 Å². The van der Waals surface area contributed by atoms with Crippen LogP contribution in [0.15, 0.2) is 0 Å². The summed E-state index contributed by atoms with van der Waals surface area (Å²) in [5, 5.41) is 7.42. The quantitative estimate of drug-likeness (QED) is 0.834. The van der Waals surface area contributed by atoms with Crippen LogP contribution >= 0.6 is 0 Å². The zero-order valence-corrected chi connectivity index (χ0v) is 15.5. The van der Waals surface area contributed by atoms with Crippen molar-refractivity contribution in [2.45, 2.75) is 69.2 Å². The first-order valence-electron chi connectivity index (χ1n) is 9.03. The summed E-state index contributed by atoms with van der Waals surface area (Å²) >= 11 is 0. The number of carbonyl (C=O) groups excluding carboxylic acids is 1. The van der Waals surface area contributed by atoms with E-state index in [1.807, 2.05) is 13.8 Å². The number of nitrogens with one attached hydrogen (secondary N) is 1. The van der Waals surface area contributed by atoms with E-state index in [0.717, 1.165) is 24.5 Å². The maximum Gasteiger partial charge on any atom is 0.242 e. The van der Waals surface area contributed by atoms with E-state index in [1.54, 1.807) is 8.99 Å². The van der Waals surface area contributed by atoms with Gasteiger partial charge in [0.05, 0.1) is 5.25 Å². The van der Waals surface area contributed by atoms with Gasteiger partial charge in [-0.05, 0) is 25.7 Å². The lowest BCUT2D eigenvalue weighted by molar-refractivity contribution is -0.123. The van der Waals surface area contributed by atoms with Crippen LogP contribution in [0.2, 0.25) is 0 Å². The summed E-state index contributed by atoms with van der Waals surface area (Å²) in [5.74, 6) is 1.72. The zero-order valence-electron chi connectivity index (χ0n) is 14.7. The molecule has 1 aromatic rings. The number of aromatic nitrogens is 3. The number of sulfonamides is 1. The average Bonchev–Trinajstić information content (AvgIpc) is 3.33. The first kappa shape index (κ1) is 17.0. The highest BCUT2D eigenvalue weighted by molar-refractivity contribution is 7.90. The Morgan fingerprint density at radius 3 is 2.52 bits per heavy atom. The van der Waals surface area contributed by atoms with E-state index in [-0.39, 0.29) is 23.6 Å². The Balaban J connectivity index is 1.54. The molecule has 9 heteroatoms. The third kappa shape index (κ3) is 3.08. The van der Waals surface area contributed by atoms with E-state index in [0.29, 0.717) is 32.4 Å². The average molecular weight is 367 g/mol. The van der Waals surface area contributed by atoms with Crippen LogP contribution in [0.4, 0.5) is 0 Å². The van der Waals surface area contributed by atoms with Gasteiger partial charge in [0.1, 0.15) is 12.4 Å². The van der Waals surface area contributed by atoms with Gasteiger partial charge in [-0.1, -0.05) is 13.8 Å². The summed E-state index contributed by atoms with van der Waals surface area (Å²) < 4.78 is 28.2. The molecular formula is C16H25N5O3S. The Bertz CT molecular complexity index is 789. The monoisotopic (exact) mass is 367 g/mol. The molecule has 0 aromatic carbocycles. The molecule has 3 aliphatic rings. The smallest absolute Gasteiger partial charge is 0.242 e. The van der Waals surface area contributed by atoms with E-state index in [9.17, 15) is 13.2 Å². The van der Waals surface area contributed by atoms with Gasteiger partial charge in [0.25, 0.3) is 0 Å². The van der Waals surface area contributed by atoms with Gasteiger partial charge in [-0.25, -0.2) is 22.4 Å². The van der Waals surface area contributed by atoms with Crippen LogP contribution < -0.4 is 5.32 Å². The van der Waals surface area contributed by atoms with Crippen molar-refractivity contribution in [3.8, 4) is 0 Å². The molecule has 1 amide bonds. The molecular weight excluding hydrogens is 342 g/mol. The number of rotatable bonds is 3. The Hall–Kier alpha value is -1.48. The van der Waals surface area contributed by atoms with Gasteiger partial charge < -0.3 is 5.32 Å². The first-order valence-corrected chi connectivity index (χ1v) is 10.5. The Kier molecular flexibility index (Phi) is 3.91. The lowest BCUT2D eigenvalue weighted by atomic mass is 9.85. The highest BCUT2D eigenvalue weighted by atomic mass is 32.2. The summed E-state index contributed by atoms with van der Waals surface area (Å²) in [6, 6.07) is 0. The SMILES string of the molecule is CC(C)c1nc2n(n1)CC(=O)NC1(CCN(S(=O)(=O)C3CC3)CC1)C2. The largest absolute Gasteiger partial charge is 0.349 e. The van der Waals surface area contributed by atoms with Crippen molar-refractivity contribution >= 4 is 15.9 Å². The van der Waals surface area contributed by atoms with Gasteiger partial charge in [0, 0.05) is 31.0 Å². The molecule has 1 spiro atoms. The molecule has 4 rings (SSSR count). The second kappa shape index (κ2) is 5.77. The van der Waals surface area contributed by atoms with Crippen molar-refractivity contribution < 1.29 is 13.2 Å². The summed E-state index contributed by atoms with van der Waals surface area (Å²) in [7, 11) is -3.15. The zero-order chi connectivity index (χ0) is 17.8. The number of nitrogens with zero attached hydrogens (tertiary/aromatic N) is 4. The molecule has 1 N–H and O–H groups in total. The lowest BCUT2D eigenvalue weighted by Crippen LogP contribution is -2.57. The van der Waals surface area contributed by atoms with Gasteiger partial charge in [0.15, 0.2) is 5.82 Å². The number of hydrogen-bond acceptors (Lipinski definition) is 5. The summed E-state index contributed by atoms with van der Waals surface area (Å²) in [4.78, 5) is 17.0. The fourth-order valence-corrected chi connectivity index (χ4v) is 5.61. The summed E-state index contributed by atoms with van der Waals surface area (Å²) in [6.07, 6.45) is 3.41. The third-order valence-electron chi connectivity index (χ3n) is 5.46. The molecule has 138 valence electrons. The number of fused-ring (bicyclic) bond motifs is 1. The minimum absolute atomic E-state index is 0.0718. The Morgan fingerprint density at radius 1 is 1.24 bits per heavy atom. The Labute approximate surface area is 148 Å². The molecule has 1 saturated heterocycles. The molecule has 2 fully saturated rings. The minimum Gasteiger partial charge on any atom is -0.349 e. The highest BCUT2D eigenvalue weighted by Gasteiger charge is 2.46. The van der Waals surface area contributed by atoms with Gasteiger partial charge in [-0.2, -0.15) is 5.10 Å². The van der Waals surface area contributed by atoms with E-state index < -0.39 is 15.6 Å². The van der Waals surface area contributed by atoms with Crippen molar-refractivity contribution in [2.75, 3.05) is 13.1 Å². The Morgan fingerprint density at radius 2 is 1.92 bits per heavy atom. The van der Waals surface area contributed by atoms with Crippen molar-refractivity contribution in [3.05, 3.63) is 11.6 Å². The molecule has 1 aliphatic carbocycles. The second-order valence-electron chi connectivity index (χ2n) is 7.85. The standard InChI is InChI=1S/C16H25N5O3S/c1-11(2)15-17-13-9-16(18-14(22)10-21(13)19-15)5-7-20(8-6-16)25(23,24)12-3-4-12/h11-12H,3-10H2,1-2H3,(H,18,22). The van der Waals surface area contributed by atoms with Gasteiger partial charge in [-0.3, -0.25) is 4.79 Å². The number of piperidine rings is 1. The van der Waals surface area contributed by atoms with Gasteiger partial charge >= 0.3 is 0 Å². The van der Waals surface area contributed by atoms with Crippen LogP contribution in [0.3, 0.4) is 0 Å². The molecule has 0 unspecified atom stereocenters. The third-order valence-corrected chi connectivity index (χ3v) is 7.86. The summed E-state index contributed by atoms with van der Waals surface area (Å²) in [6.45, 7) is 5.17. The molecule has 0 bridgehead atoms. The predicted molar refractivity (Wildman–Crippen MR) is 91.4 cm³/mol. The van der Waals surface area contributed by atoms with Gasteiger partial charge in [-0.15, -0.1) is 0 Å². The van der Waals surface area contributed by atoms with Crippen LogP contribution in [0, 0.1) is 0 Å². The minimum atomic E-state index is -3.15. The van der Waals surface area contributed by atoms with Crippen LogP contribution in [0.1, 0.15) is 57.1 Å². The molecule has 0 atom stereocenters. The lowest BCUT2D eigenvalue weighted by Gasteiger charge is -2.40. The topological polar surface area (TPSA) is 97.2 Å². The van der Waals surface area contributed by atoms with Crippen molar-refractivity contribution in [2.24, 2.45) is 0 Å². The molecule has 0 radical (unpaired) electrons. The van der Waals surface area contributed by atoms with Crippen molar-refractivity contribution in [3.63, 3.8) is 0 Å². The molecule has 2 aliphatic heterocycles. The fourth-order valence-electron chi connectivity index (χ4n) is 3.76. The van der Waals surface area contributed by atoms with E-state index in [4.69, 9.17) is 0 Å². The number of carbonyl (C=O) groups is 1. The molecule has 25 heavy (non-hydrogen) atoms. The first-order chi connectivity index (χ1) is 11.8. The van der Waals surface area contributed by atoms with Crippen LogP contribution in [-0.4, -0.2) is 57.3 Å². The number of amides is 1. The maximum absolute atomic E-state index is 12.4. The number of hydrogen-bond donors (Lipinski definition) is 1. The van der Waals surface area contributed by atoms with E-state index in [2.05, 4.69) is 15.4 Å². The molecule has 3 heterocycles. The summed E-state index contributed by atoms with van der Waals surface area (Å²) in [5.41, 5.74) is -0.414. The van der Waals surface area contributed by atoms with Crippen LogP contribution in [0.25, 0.3) is 0 Å². The fraction of sp³-hybridized carbons (Fsp3) is 0.812. The molecule has 8 nitrogen and oxygen atoms in total. The molecule has 1 aromatic heterocycles. The van der Waals surface area contributed by atoms with Crippen LogP contribution in [0.5, 0.6) is 0 Å². The maximum atomic E-state index is 12.4. The van der Waals surface area contributed by atoms with E-state index in [1.165, 1.54) is 0 Å². The van der Waals surface area contributed by atoms with E-state index >= 15 is 0 Å². The highest BCUT2D eigenvalue weighted by Crippen LogP contribution is 2.35. The van der Waals surface area contributed by atoms with Crippen molar-refractivity contribution in [1.29, 1.82) is 0 Å². The second-order valence-corrected chi connectivity index (χ2v) is 10.1. The predicted octanol–water partition coefficient (Wildman–Crippen LogP) is 0.401. The normalized spacial score (nSPS) is 24.2. The molecule has 1 saturated carbocycles. The van der Waals surface area contributed by atoms with Gasteiger partial charge in [0.2, 0.25) is 15.9 Å².